The highest BCUT2D eigenvalue weighted by Crippen LogP contribution is 2.46. The number of anilines is 1. The minimum atomic E-state index is -4.78. The number of aryl methyl sites for hydroxylation is 2. The molecule has 1 aliphatic rings. The van der Waals surface area contributed by atoms with Crippen molar-refractivity contribution in [2.75, 3.05) is 5.32 Å². The maximum atomic E-state index is 13.8. The second kappa shape index (κ2) is 7.84. The van der Waals surface area contributed by atoms with Gasteiger partial charge in [-0.05, 0) is 38.3 Å². The van der Waals surface area contributed by atoms with Crippen molar-refractivity contribution < 1.29 is 26.7 Å². The van der Waals surface area contributed by atoms with E-state index in [0.29, 0.717) is 24.2 Å². The summed E-state index contributed by atoms with van der Waals surface area (Å²) in [5.74, 6) is -1.34. The van der Waals surface area contributed by atoms with Crippen molar-refractivity contribution in [2.24, 2.45) is 0 Å². The second-order valence-electron chi connectivity index (χ2n) is 6.78. The van der Waals surface area contributed by atoms with Gasteiger partial charge < -0.3 is 5.32 Å². The van der Waals surface area contributed by atoms with Gasteiger partial charge in [0.05, 0.1) is 5.69 Å². The summed E-state index contributed by atoms with van der Waals surface area (Å²) in [6.45, 7) is 1.48. The number of carbonyl (C=O) groups is 1. The lowest BCUT2D eigenvalue weighted by atomic mass is 10.1. The molecule has 0 aliphatic heterocycles. The van der Waals surface area contributed by atoms with E-state index in [1.54, 1.807) is 6.92 Å². The fraction of sp³-hybridized carbons (Fsp3) is 0.500. The third-order valence-corrected chi connectivity index (χ3v) is 4.39. The lowest BCUT2D eigenvalue weighted by Crippen LogP contribution is -2.22. The van der Waals surface area contributed by atoms with Crippen LogP contribution in [0.2, 0.25) is 0 Å². The van der Waals surface area contributed by atoms with Crippen molar-refractivity contribution in [2.45, 2.75) is 57.7 Å². The van der Waals surface area contributed by atoms with Crippen LogP contribution in [-0.2, 0) is 12.7 Å². The molecule has 5 nitrogen and oxygen atoms in total. The molecule has 0 aromatic carbocycles. The Bertz CT molecular complexity index is 858. The summed E-state index contributed by atoms with van der Waals surface area (Å²) in [5, 5.41) is 6.43. The summed E-state index contributed by atoms with van der Waals surface area (Å²) >= 11 is 0. The van der Waals surface area contributed by atoms with Crippen LogP contribution < -0.4 is 5.32 Å². The summed E-state index contributed by atoms with van der Waals surface area (Å²) < 4.78 is 67.1. The molecule has 0 radical (unpaired) electrons. The normalized spacial score (nSPS) is 14.5. The molecular formula is C18H19F5N4O. The molecule has 1 N–H and O–H groups in total. The monoisotopic (exact) mass is 402 g/mol. The number of amides is 1. The van der Waals surface area contributed by atoms with Crippen molar-refractivity contribution in [1.29, 1.82) is 0 Å². The first-order valence-electron chi connectivity index (χ1n) is 8.87. The van der Waals surface area contributed by atoms with Crippen LogP contribution in [-0.4, -0.2) is 27.1 Å². The minimum absolute atomic E-state index is 0.0879. The van der Waals surface area contributed by atoms with E-state index in [2.05, 4.69) is 15.4 Å². The third-order valence-electron chi connectivity index (χ3n) is 4.39. The largest absolute Gasteiger partial charge is 0.420 e. The fourth-order valence-corrected chi connectivity index (χ4v) is 3.00. The number of nitrogens with zero attached hydrogens (tertiary/aromatic N) is 3. The number of halogens is 5. The van der Waals surface area contributed by atoms with Crippen LogP contribution in [0.5, 0.6) is 0 Å². The highest BCUT2D eigenvalue weighted by atomic mass is 19.4. The van der Waals surface area contributed by atoms with Crippen LogP contribution in [0.25, 0.3) is 0 Å². The van der Waals surface area contributed by atoms with Gasteiger partial charge >= 0.3 is 6.18 Å². The van der Waals surface area contributed by atoms with Crippen LogP contribution in [0.1, 0.15) is 59.0 Å². The summed E-state index contributed by atoms with van der Waals surface area (Å²) in [7, 11) is 0. The highest BCUT2D eigenvalue weighted by Gasteiger charge is 2.45. The standard InChI is InChI=1S/C18H19F5N4O/c1-10-9-12(6-7-24-10)25-17(28)16-14(18(21,22)23)15(11-4-5-11)26-27(16)8-2-3-13(19)20/h6-7,9,11,13H,2-5,8H2,1H3,(H,24,25,28). The number of aromatic nitrogens is 3. The molecule has 1 fully saturated rings. The maximum Gasteiger partial charge on any atom is 0.420 e. The van der Waals surface area contributed by atoms with Crippen molar-refractivity contribution in [1.82, 2.24) is 14.8 Å². The van der Waals surface area contributed by atoms with Crippen molar-refractivity contribution in [3.63, 3.8) is 0 Å². The lowest BCUT2D eigenvalue weighted by Gasteiger charge is -2.12. The van der Waals surface area contributed by atoms with E-state index < -0.39 is 36.2 Å². The first-order valence-corrected chi connectivity index (χ1v) is 8.87. The van der Waals surface area contributed by atoms with E-state index in [1.807, 2.05) is 0 Å². The molecule has 1 saturated carbocycles. The number of hydrogen-bond donors (Lipinski definition) is 1. The molecule has 0 bridgehead atoms. The van der Waals surface area contributed by atoms with Crippen molar-refractivity contribution >= 4 is 11.6 Å². The maximum absolute atomic E-state index is 13.8. The minimum Gasteiger partial charge on any atom is -0.321 e. The van der Waals surface area contributed by atoms with Gasteiger partial charge in [0, 0.05) is 36.5 Å². The predicted octanol–water partition coefficient (Wildman–Crippen LogP) is 4.78. The number of pyridine rings is 1. The Kier molecular flexibility index (Phi) is 5.66. The zero-order chi connectivity index (χ0) is 20.5. The van der Waals surface area contributed by atoms with E-state index in [-0.39, 0.29) is 24.6 Å². The molecular weight excluding hydrogens is 383 g/mol. The second-order valence-corrected chi connectivity index (χ2v) is 6.78. The van der Waals surface area contributed by atoms with Gasteiger partial charge in [0.2, 0.25) is 6.43 Å². The van der Waals surface area contributed by atoms with E-state index >= 15 is 0 Å². The van der Waals surface area contributed by atoms with Gasteiger partial charge in [0.1, 0.15) is 11.3 Å². The Balaban J connectivity index is 1.98. The Labute approximate surface area is 157 Å². The van der Waals surface area contributed by atoms with E-state index in [1.165, 1.54) is 18.3 Å². The molecule has 0 atom stereocenters. The van der Waals surface area contributed by atoms with Gasteiger partial charge in [0.15, 0.2) is 0 Å². The van der Waals surface area contributed by atoms with Crippen molar-refractivity contribution in [3.8, 4) is 0 Å². The summed E-state index contributed by atoms with van der Waals surface area (Å²) in [6.07, 6.45) is -5.38. The number of rotatable bonds is 7. The molecule has 1 aliphatic carbocycles. The molecule has 2 aromatic heterocycles. The summed E-state index contributed by atoms with van der Waals surface area (Å²) in [5.41, 5.74) is -1.02. The molecule has 0 unspecified atom stereocenters. The Morgan fingerprint density at radius 3 is 2.64 bits per heavy atom. The molecule has 10 heteroatoms. The quantitative estimate of drug-likeness (QED) is 0.678. The zero-order valence-electron chi connectivity index (χ0n) is 15.1. The highest BCUT2D eigenvalue weighted by molar-refractivity contribution is 6.04. The molecule has 0 saturated heterocycles. The molecule has 3 rings (SSSR count). The lowest BCUT2D eigenvalue weighted by molar-refractivity contribution is -0.138. The number of nitrogens with one attached hydrogen (secondary N) is 1. The first kappa shape index (κ1) is 20.2. The van der Waals surface area contributed by atoms with Gasteiger partial charge in [-0.2, -0.15) is 18.3 Å². The van der Waals surface area contributed by atoms with Gasteiger partial charge in [-0.1, -0.05) is 0 Å². The topological polar surface area (TPSA) is 59.8 Å². The fourth-order valence-electron chi connectivity index (χ4n) is 3.00. The number of hydrogen-bond acceptors (Lipinski definition) is 3. The van der Waals surface area contributed by atoms with Crippen LogP contribution in [0, 0.1) is 6.92 Å². The first-order chi connectivity index (χ1) is 13.2. The average molecular weight is 402 g/mol. The van der Waals surface area contributed by atoms with Crippen molar-refractivity contribution in [3.05, 3.63) is 41.0 Å². The number of alkyl halides is 5. The summed E-state index contributed by atoms with van der Waals surface area (Å²) in [4.78, 5) is 16.7. The molecule has 28 heavy (non-hydrogen) atoms. The van der Waals surface area contributed by atoms with E-state index in [0.717, 1.165) is 4.68 Å². The van der Waals surface area contributed by atoms with Crippen LogP contribution in [0.4, 0.5) is 27.6 Å². The summed E-state index contributed by atoms with van der Waals surface area (Å²) in [6, 6.07) is 2.97. The molecule has 0 spiro atoms. The predicted molar refractivity (Wildman–Crippen MR) is 91.4 cm³/mol. The van der Waals surface area contributed by atoms with Gasteiger partial charge in [-0.25, -0.2) is 8.78 Å². The SMILES string of the molecule is Cc1cc(NC(=O)c2c(C(F)(F)F)c(C3CC3)nn2CCCC(F)F)ccn1. The Hall–Kier alpha value is -2.52. The van der Waals surface area contributed by atoms with E-state index in [9.17, 15) is 26.7 Å². The Morgan fingerprint density at radius 1 is 1.36 bits per heavy atom. The average Bonchev–Trinajstić information content (AvgIpc) is 3.34. The van der Waals surface area contributed by atoms with Crippen LogP contribution in [0.3, 0.4) is 0 Å². The molecule has 2 aromatic rings. The smallest absolute Gasteiger partial charge is 0.321 e. The van der Waals surface area contributed by atoms with Gasteiger partial charge in [-0.15, -0.1) is 0 Å². The number of carbonyl (C=O) groups excluding carboxylic acids is 1. The van der Waals surface area contributed by atoms with Gasteiger partial charge in [-0.3, -0.25) is 14.5 Å². The molecule has 1 amide bonds. The third kappa shape index (κ3) is 4.66. The Morgan fingerprint density at radius 2 is 2.07 bits per heavy atom. The zero-order valence-corrected chi connectivity index (χ0v) is 15.1. The molecule has 2 heterocycles. The van der Waals surface area contributed by atoms with Gasteiger partial charge in [0.25, 0.3) is 5.91 Å². The van der Waals surface area contributed by atoms with Crippen LogP contribution in [0.15, 0.2) is 18.3 Å². The van der Waals surface area contributed by atoms with E-state index in [4.69, 9.17) is 0 Å². The molecule has 152 valence electrons. The van der Waals surface area contributed by atoms with Crippen LogP contribution >= 0.6 is 0 Å².